The van der Waals surface area contributed by atoms with Crippen LogP contribution in [-0.2, 0) is 0 Å². The molecule has 0 N–H and O–H groups in total. The smallest absolute Gasteiger partial charge is 0.0677 e. The molecule has 0 heterocycles. The molecule has 0 aromatic rings. The molecule has 0 radical (unpaired) electrons. The van der Waals surface area contributed by atoms with E-state index in [1.165, 1.54) is 0 Å². The van der Waals surface area contributed by atoms with Crippen molar-refractivity contribution in [3.8, 4) is 0 Å². The highest BCUT2D eigenvalue weighted by molar-refractivity contribution is 14.1. The van der Waals surface area contributed by atoms with Gasteiger partial charge in [0.1, 0.15) is 0 Å². The Labute approximate surface area is 84.7 Å². The lowest BCUT2D eigenvalue weighted by atomic mass is 10.0. The second-order valence-electron chi connectivity index (χ2n) is 4.32. The minimum Gasteiger partial charge on any atom is -0.285 e. The third-order valence-electron chi connectivity index (χ3n) is 1.77. The third kappa shape index (κ3) is 3.74. The largest absolute Gasteiger partial charge is 0.285 e. The van der Waals surface area contributed by atoms with E-state index in [0.29, 0.717) is 0 Å². The van der Waals surface area contributed by atoms with E-state index in [1.54, 1.807) is 0 Å². The van der Waals surface area contributed by atoms with E-state index in [-0.39, 0.29) is 9.08 Å². The van der Waals surface area contributed by atoms with E-state index in [4.69, 9.17) is 0 Å². The second kappa shape index (κ2) is 3.60. The highest BCUT2D eigenvalue weighted by Crippen LogP contribution is 2.29. The molecule has 0 saturated heterocycles. The van der Waals surface area contributed by atoms with Crippen LogP contribution in [0.1, 0.15) is 41.5 Å². The molecule has 0 aliphatic heterocycles. The van der Waals surface area contributed by atoms with Gasteiger partial charge in [-0.3, -0.25) is 4.90 Å². The molecule has 0 bridgehead atoms. The molecule has 0 rings (SSSR count). The second-order valence-corrected chi connectivity index (χ2v) is 6.96. The fraction of sp³-hybridized carbons (Fsp3) is 1.00. The number of rotatable bonds is 2. The molecule has 0 fully saturated rings. The summed E-state index contributed by atoms with van der Waals surface area (Å²) < 4.78 is 0.255. The van der Waals surface area contributed by atoms with Crippen LogP contribution in [0.25, 0.3) is 0 Å². The standard InChI is InChI=1S/C9H20IN/c1-7-11(8(2,3)4)9(5,6)10/h7H2,1-6H3. The summed E-state index contributed by atoms with van der Waals surface area (Å²) in [6.07, 6.45) is 0. The Kier molecular flexibility index (Phi) is 3.83. The first-order valence-corrected chi connectivity index (χ1v) is 5.24. The Morgan fingerprint density at radius 1 is 1.09 bits per heavy atom. The average molecular weight is 269 g/mol. The lowest BCUT2D eigenvalue weighted by molar-refractivity contribution is 0.0973. The van der Waals surface area contributed by atoms with Gasteiger partial charge in [0.25, 0.3) is 0 Å². The van der Waals surface area contributed by atoms with E-state index in [2.05, 4.69) is 69.0 Å². The van der Waals surface area contributed by atoms with Gasteiger partial charge in [-0.05, 0) is 41.2 Å². The lowest BCUT2D eigenvalue weighted by Gasteiger charge is -2.43. The number of hydrogen-bond donors (Lipinski definition) is 0. The summed E-state index contributed by atoms with van der Waals surface area (Å²) in [4.78, 5) is 2.49. The predicted octanol–water partition coefficient (Wildman–Crippen LogP) is 3.28. The molecule has 0 aliphatic carbocycles. The Hall–Kier alpha value is 0.690. The first-order valence-electron chi connectivity index (χ1n) is 4.16. The minimum absolute atomic E-state index is 0.255. The van der Waals surface area contributed by atoms with Gasteiger partial charge in [-0.15, -0.1) is 0 Å². The van der Waals surface area contributed by atoms with Crippen molar-refractivity contribution in [1.82, 2.24) is 4.90 Å². The van der Waals surface area contributed by atoms with Crippen LogP contribution >= 0.6 is 22.6 Å². The first kappa shape index (κ1) is 11.7. The number of alkyl halides is 1. The maximum absolute atomic E-state index is 2.49. The van der Waals surface area contributed by atoms with Crippen LogP contribution < -0.4 is 0 Å². The van der Waals surface area contributed by atoms with Crippen LogP contribution in [0.2, 0.25) is 0 Å². The first-order chi connectivity index (χ1) is 4.69. The Balaban J connectivity index is 4.43. The van der Waals surface area contributed by atoms with Crippen molar-refractivity contribution in [1.29, 1.82) is 0 Å². The quantitative estimate of drug-likeness (QED) is 0.422. The van der Waals surface area contributed by atoms with Gasteiger partial charge in [0.05, 0.1) is 3.55 Å². The van der Waals surface area contributed by atoms with Crippen LogP contribution in [0.4, 0.5) is 0 Å². The fourth-order valence-electron chi connectivity index (χ4n) is 1.65. The monoisotopic (exact) mass is 269 g/mol. The molecule has 0 aliphatic rings. The Bertz CT molecular complexity index is 105. The summed E-state index contributed by atoms with van der Waals surface area (Å²) >= 11 is 2.49. The zero-order valence-electron chi connectivity index (χ0n) is 8.53. The molecule has 2 heteroatoms. The molecular weight excluding hydrogens is 249 g/mol. The Morgan fingerprint density at radius 3 is 1.45 bits per heavy atom. The van der Waals surface area contributed by atoms with Gasteiger partial charge in [-0.1, -0.05) is 29.5 Å². The van der Waals surface area contributed by atoms with Gasteiger partial charge in [0, 0.05) is 5.54 Å². The summed E-state index contributed by atoms with van der Waals surface area (Å²) in [5.74, 6) is 0. The number of hydrogen-bond acceptors (Lipinski definition) is 1. The van der Waals surface area contributed by atoms with Gasteiger partial charge in [-0.25, -0.2) is 0 Å². The molecule has 0 unspecified atom stereocenters. The molecule has 0 amide bonds. The van der Waals surface area contributed by atoms with Crippen LogP contribution in [0, 0.1) is 0 Å². The van der Waals surface area contributed by atoms with Gasteiger partial charge >= 0.3 is 0 Å². The highest BCUT2D eigenvalue weighted by Gasteiger charge is 2.30. The summed E-state index contributed by atoms with van der Waals surface area (Å²) in [7, 11) is 0. The average Bonchev–Trinajstić information content (AvgIpc) is 1.56. The van der Waals surface area contributed by atoms with E-state index in [0.717, 1.165) is 6.54 Å². The maximum Gasteiger partial charge on any atom is 0.0677 e. The van der Waals surface area contributed by atoms with E-state index >= 15 is 0 Å². The van der Waals surface area contributed by atoms with Crippen molar-refractivity contribution in [3.05, 3.63) is 0 Å². The lowest BCUT2D eigenvalue weighted by Crippen LogP contribution is -2.50. The molecule has 0 atom stereocenters. The topological polar surface area (TPSA) is 3.24 Å². The SMILES string of the molecule is CCN(C(C)(C)C)C(C)(C)I. The summed E-state index contributed by atoms with van der Waals surface area (Å²) in [6.45, 7) is 14.6. The third-order valence-corrected chi connectivity index (χ3v) is 2.35. The molecule has 68 valence electrons. The van der Waals surface area contributed by atoms with Crippen molar-refractivity contribution in [3.63, 3.8) is 0 Å². The van der Waals surface area contributed by atoms with E-state index in [9.17, 15) is 0 Å². The van der Waals surface area contributed by atoms with Crippen LogP contribution in [0.5, 0.6) is 0 Å². The van der Waals surface area contributed by atoms with Gasteiger partial charge in [-0.2, -0.15) is 0 Å². The number of halogens is 1. The summed E-state index contributed by atoms with van der Waals surface area (Å²) in [5, 5.41) is 0. The van der Waals surface area contributed by atoms with Crippen molar-refractivity contribution < 1.29 is 0 Å². The summed E-state index contributed by atoms with van der Waals surface area (Å²) in [6, 6.07) is 0. The van der Waals surface area contributed by atoms with Crippen molar-refractivity contribution in [2.45, 2.75) is 50.6 Å². The molecule has 0 aromatic heterocycles. The maximum atomic E-state index is 2.49. The van der Waals surface area contributed by atoms with Crippen LogP contribution in [0.3, 0.4) is 0 Å². The molecule has 1 nitrogen and oxygen atoms in total. The predicted molar refractivity (Wildman–Crippen MR) is 60.2 cm³/mol. The highest BCUT2D eigenvalue weighted by atomic mass is 127. The molecular formula is C9H20IN. The van der Waals surface area contributed by atoms with Crippen molar-refractivity contribution >= 4 is 22.6 Å². The van der Waals surface area contributed by atoms with Crippen LogP contribution in [0.15, 0.2) is 0 Å². The normalized spacial score (nSPS) is 14.2. The zero-order valence-corrected chi connectivity index (χ0v) is 10.7. The van der Waals surface area contributed by atoms with E-state index < -0.39 is 0 Å². The molecule has 0 aromatic carbocycles. The minimum atomic E-state index is 0.255. The zero-order chi connectivity index (χ0) is 9.28. The van der Waals surface area contributed by atoms with Crippen LogP contribution in [-0.4, -0.2) is 20.5 Å². The molecule has 0 saturated carbocycles. The molecule has 11 heavy (non-hydrogen) atoms. The van der Waals surface area contributed by atoms with Gasteiger partial charge in [0.15, 0.2) is 0 Å². The fourth-order valence-corrected chi connectivity index (χ4v) is 2.71. The Morgan fingerprint density at radius 2 is 1.45 bits per heavy atom. The summed E-state index contributed by atoms with van der Waals surface area (Å²) in [5.41, 5.74) is 0.277. The van der Waals surface area contributed by atoms with Gasteiger partial charge in [0.2, 0.25) is 0 Å². The van der Waals surface area contributed by atoms with Gasteiger partial charge < -0.3 is 0 Å². The van der Waals surface area contributed by atoms with Crippen molar-refractivity contribution in [2.24, 2.45) is 0 Å². The molecule has 0 spiro atoms. The van der Waals surface area contributed by atoms with E-state index in [1.807, 2.05) is 0 Å². The number of nitrogens with zero attached hydrogens (tertiary/aromatic N) is 1. The van der Waals surface area contributed by atoms with Crippen molar-refractivity contribution in [2.75, 3.05) is 6.54 Å².